The number of nitrogens with zero attached hydrogens (tertiary/aromatic N) is 1. The summed E-state index contributed by atoms with van der Waals surface area (Å²) in [5, 5.41) is 0. The first kappa shape index (κ1) is 14.9. The SMILES string of the molecule is Cc1ccc2c(c1)[C@H](N)CC1(CCCN(C(C)C)CC1)O2. The van der Waals surface area contributed by atoms with Crippen molar-refractivity contribution >= 4 is 0 Å². The first-order valence-electron chi connectivity index (χ1n) is 8.28. The minimum atomic E-state index is -0.0503. The molecule has 3 nitrogen and oxygen atoms in total. The Hall–Kier alpha value is -1.06. The molecule has 1 unspecified atom stereocenters. The number of hydrogen-bond acceptors (Lipinski definition) is 3. The van der Waals surface area contributed by atoms with Gasteiger partial charge in [-0.05, 0) is 52.6 Å². The van der Waals surface area contributed by atoms with Crippen molar-refractivity contribution in [2.45, 2.75) is 64.1 Å². The lowest BCUT2D eigenvalue weighted by Gasteiger charge is -2.41. The maximum atomic E-state index is 6.49. The van der Waals surface area contributed by atoms with Gasteiger partial charge in [0.15, 0.2) is 0 Å². The minimum Gasteiger partial charge on any atom is -0.487 e. The molecule has 2 N–H and O–H groups in total. The molecule has 0 aliphatic carbocycles. The monoisotopic (exact) mass is 288 g/mol. The van der Waals surface area contributed by atoms with E-state index in [1.165, 1.54) is 24.1 Å². The molecule has 0 amide bonds. The van der Waals surface area contributed by atoms with Crippen molar-refractivity contribution in [2.24, 2.45) is 5.73 Å². The second-order valence-electron chi connectivity index (χ2n) is 7.12. The molecule has 2 atom stereocenters. The molecule has 1 spiro atoms. The van der Waals surface area contributed by atoms with E-state index in [9.17, 15) is 0 Å². The third kappa shape index (κ3) is 2.95. The van der Waals surface area contributed by atoms with Gasteiger partial charge in [-0.15, -0.1) is 0 Å². The number of aryl methyl sites for hydroxylation is 1. The topological polar surface area (TPSA) is 38.5 Å². The molecule has 0 saturated carbocycles. The summed E-state index contributed by atoms with van der Waals surface area (Å²) in [5.74, 6) is 1.01. The molecule has 0 bridgehead atoms. The smallest absolute Gasteiger partial charge is 0.124 e. The molecule has 1 aromatic rings. The fraction of sp³-hybridized carbons (Fsp3) is 0.667. The Kier molecular flexibility index (Phi) is 3.98. The van der Waals surface area contributed by atoms with Gasteiger partial charge in [0.05, 0.1) is 0 Å². The van der Waals surface area contributed by atoms with Crippen molar-refractivity contribution in [2.75, 3.05) is 13.1 Å². The number of hydrogen-bond donors (Lipinski definition) is 1. The van der Waals surface area contributed by atoms with Gasteiger partial charge in [0, 0.05) is 30.6 Å². The van der Waals surface area contributed by atoms with E-state index in [0.717, 1.165) is 31.6 Å². The van der Waals surface area contributed by atoms with Gasteiger partial charge in [-0.25, -0.2) is 0 Å². The van der Waals surface area contributed by atoms with Crippen LogP contribution >= 0.6 is 0 Å². The zero-order valence-corrected chi connectivity index (χ0v) is 13.6. The highest BCUT2D eigenvalue weighted by Crippen LogP contribution is 2.43. The molecule has 3 rings (SSSR count). The summed E-state index contributed by atoms with van der Waals surface area (Å²) >= 11 is 0. The van der Waals surface area contributed by atoms with E-state index in [4.69, 9.17) is 10.5 Å². The third-order valence-electron chi connectivity index (χ3n) is 5.15. The Labute approximate surface area is 128 Å². The van der Waals surface area contributed by atoms with Crippen LogP contribution in [0.5, 0.6) is 5.75 Å². The van der Waals surface area contributed by atoms with Crippen molar-refractivity contribution in [3.05, 3.63) is 29.3 Å². The number of fused-ring (bicyclic) bond motifs is 1. The Morgan fingerprint density at radius 3 is 2.86 bits per heavy atom. The van der Waals surface area contributed by atoms with Crippen LogP contribution in [-0.2, 0) is 0 Å². The summed E-state index contributed by atoms with van der Waals surface area (Å²) in [6, 6.07) is 7.15. The second kappa shape index (κ2) is 5.62. The summed E-state index contributed by atoms with van der Waals surface area (Å²) < 4.78 is 6.49. The standard InChI is InChI=1S/C18H28N2O/c1-13(2)20-9-4-7-18(8-10-20)12-16(19)15-11-14(3)5-6-17(15)21-18/h5-6,11,13,16H,4,7-10,12,19H2,1-3H3/t16-,18?/m1/s1. The number of likely N-dealkylation sites (tertiary alicyclic amines) is 1. The molecule has 21 heavy (non-hydrogen) atoms. The van der Waals surface area contributed by atoms with Gasteiger partial charge in [-0.3, -0.25) is 0 Å². The average molecular weight is 288 g/mol. The molecule has 1 saturated heterocycles. The normalized spacial score (nSPS) is 30.0. The fourth-order valence-corrected chi connectivity index (χ4v) is 3.85. The van der Waals surface area contributed by atoms with Gasteiger partial charge in [0.1, 0.15) is 11.4 Å². The predicted octanol–water partition coefficient (Wildman–Crippen LogP) is 3.41. The molecule has 0 radical (unpaired) electrons. The van der Waals surface area contributed by atoms with Crippen LogP contribution in [0.25, 0.3) is 0 Å². The summed E-state index contributed by atoms with van der Waals surface area (Å²) in [4.78, 5) is 2.56. The molecule has 1 aromatic carbocycles. The first-order valence-corrected chi connectivity index (χ1v) is 8.28. The van der Waals surface area contributed by atoms with Gasteiger partial charge >= 0.3 is 0 Å². The summed E-state index contributed by atoms with van der Waals surface area (Å²) in [7, 11) is 0. The molecule has 116 valence electrons. The number of ether oxygens (including phenoxy) is 1. The van der Waals surface area contributed by atoms with Crippen LogP contribution in [0.1, 0.15) is 56.7 Å². The average Bonchev–Trinajstić information content (AvgIpc) is 2.63. The Bertz CT molecular complexity index is 514. The van der Waals surface area contributed by atoms with Crippen molar-refractivity contribution < 1.29 is 4.74 Å². The fourth-order valence-electron chi connectivity index (χ4n) is 3.85. The molecule has 1 fully saturated rings. The van der Waals surface area contributed by atoms with E-state index in [2.05, 4.69) is 43.9 Å². The van der Waals surface area contributed by atoms with Crippen LogP contribution in [0.15, 0.2) is 18.2 Å². The summed E-state index contributed by atoms with van der Waals surface area (Å²) in [6.45, 7) is 8.97. The van der Waals surface area contributed by atoms with Crippen molar-refractivity contribution in [3.8, 4) is 5.75 Å². The molecule has 2 aliphatic rings. The van der Waals surface area contributed by atoms with E-state index in [0.29, 0.717) is 6.04 Å². The van der Waals surface area contributed by atoms with E-state index in [1.54, 1.807) is 0 Å². The number of nitrogens with two attached hydrogens (primary N) is 1. The first-order chi connectivity index (χ1) is 9.99. The highest BCUT2D eigenvalue weighted by molar-refractivity contribution is 5.41. The van der Waals surface area contributed by atoms with Crippen molar-refractivity contribution in [3.63, 3.8) is 0 Å². The molecular weight excluding hydrogens is 260 g/mol. The van der Waals surface area contributed by atoms with E-state index < -0.39 is 0 Å². The van der Waals surface area contributed by atoms with E-state index in [1.807, 2.05) is 0 Å². The maximum Gasteiger partial charge on any atom is 0.124 e. The Morgan fingerprint density at radius 2 is 2.10 bits per heavy atom. The molecule has 3 heteroatoms. The summed E-state index contributed by atoms with van der Waals surface area (Å²) in [5.41, 5.74) is 8.87. The molecule has 2 aliphatic heterocycles. The third-order valence-corrected chi connectivity index (χ3v) is 5.15. The Morgan fingerprint density at radius 1 is 1.29 bits per heavy atom. The zero-order valence-electron chi connectivity index (χ0n) is 13.6. The Balaban J connectivity index is 1.82. The lowest BCUT2D eigenvalue weighted by molar-refractivity contribution is 0.0210. The van der Waals surface area contributed by atoms with Crippen molar-refractivity contribution in [1.82, 2.24) is 4.90 Å². The second-order valence-corrected chi connectivity index (χ2v) is 7.12. The highest BCUT2D eigenvalue weighted by atomic mass is 16.5. The van der Waals surface area contributed by atoms with Gasteiger partial charge in [-0.1, -0.05) is 17.7 Å². The van der Waals surface area contributed by atoms with Crippen molar-refractivity contribution in [1.29, 1.82) is 0 Å². The molecule has 0 aromatic heterocycles. The zero-order chi connectivity index (χ0) is 15.0. The van der Waals surface area contributed by atoms with Crippen LogP contribution in [0.2, 0.25) is 0 Å². The van der Waals surface area contributed by atoms with Crippen LogP contribution < -0.4 is 10.5 Å². The van der Waals surface area contributed by atoms with Crippen LogP contribution in [0.3, 0.4) is 0 Å². The van der Waals surface area contributed by atoms with E-state index in [-0.39, 0.29) is 11.6 Å². The minimum absolute atomic E-state index is 0.0503. The van der Waals surface area contributed by atoms with Gasteiger partial charge in [0.2, 0.25) is 0 Å². The number of rotatable bonds is 1. The summed E-state index contributed by atoms with van der Waals surface area (Å²) in [6.07, 6.45) is 4.37. The highest BCUT2D eigenvalue weighted by Gasteiger charge is 2.41. The lowest BCUT2D eigenvalue weighted by atomic mass is 9.82. The molecule has 2 heterocycles. The van der Waals surface area contributed by atoms with E-state index >= 15 is 0 Å². The van der Waals surface area contributed by atoms with Crippen LogP contribution in [0, 0.1) is 6.92 Å². The quantitative estimate of drug-likeness (QED) is 0.860. The molecular formula is C18H28N2O. The van der Waals surface area contributed by atoms with Gasteiger partial charge in [0.25, 0.3) is 0 Å². The van der Waals surface area contributed by atoms with Crippen LogP contribution in [-0.4, -0.2) is 29.6 Å². The number of benzene rings is 1. The predicted molar refractivity (Wildman–Crippen MR) is 86.6 cm³/mol. The van der Waals surface area contributed by atoms with Gasteiger partial charge in [-0.2, -0.15) is 0 Å². The van der Waals surface area contributed by atoms with Gasteiger partial charge < -0.3 is 15.4 Å². The van der Waals surface area contributed by atoms with Crippen LogP contribution in [0.4, 0.5) is 0 Å². The maximum absolute atomic E-state index is 6.49. The lowest BCUT2D eigenvalue weighted by Crippen LogP contribution is -2.44. The largest absolute Gasteiger partial charge is 0.487 e.